The van der Waals surface area contributed by atoms with E-state index in [2.05, 4.69) is 0 Å². The molecule has 0 unspecified atom stereocenters. The van der Waals surface area contributed by atoms with Crippen LogP contribution in [0.5, 0.6) is 0 Å². The molecule has 0 spiro atoms. The van der Waals surface area contributed by atoms with Gasteiger partial charge in [-0.3, -0.25) is 9.59 Å². The maximum atomic E-state index is 10.6. The molecule has 0 fully saturated rings. The number of Topliss-reactive ketones (excluding diaryl/α,β-unsaturated/α-hetero) is 2. The molecule has 10 heavy (non-hydrogen) atoms. The van der Waals surface area contributed by atoms with E-state index in [1.807, 2.05) is 0 Å². The van der Waals surface area contributed by atoms with E-state index in [-0.39, 0.29) is 24.6 Å². The van der Waals surface area contributed by atoms with E-state index in [9.17, 15) is 9.59 Å². The molecular formula is C7H12O3. The lowest BCUT2D eigenvalue weighted by atomic mass is 9.98. The van der Waals surface area contributed by atoms with Gasteiger partial charge in [0.25, 0.3) is 0 Å². The molecule has 0 aromatic carbocycles. The van der Waals surface area contributed by atoms with Crippen LogP contribution in [-0.2, 0) is 9.59 Å². The number of hydrogen-bond donors (Lipinski definition) is 1. The van der Waals surface area contributed by atoms with E-state index in [1.54, 1.807) is 0 Å². The highest BCUT2D eigenvalue weighted by Gasteiger charge is 2.17. The van der Waals surface area contributed by atoms with Crippen LogP contribution < -0.4 is 0 Å². The minimum absolute atomic E-state index is 0.107. The molecule has 0 atom stereocenters. The van der Waals surface area contributed by atoms with Gasteiger partial charge in [-0.1, -0.05) is 0 Å². The number of ketones is 2. The fourth-order valence-corrected chi connectivity index (χ4v) is 0.822. The van der Waals surface area contributed by atoms with Gasteiger partial charge >= 0.3 is 0 Å². The summed E-state index contributed by atoms with van der Waals surface area (Å²) in [5, 5.41) is 8.43. The van der Waals surface area contributed by atoms with Crippen molar-refractivity contribution in [1.82, 2.24) is 0 Å². The fraction of sp³-hybridized carbons (Fsp3) is 0.714. The first kappa shape index (κ1) is 9.30. The van der Waals surface area contributed by atoms with Crippen molar-refractivity contribution < 1.29 is 14.7 Å². The first-order valence-corrected chi connectivity index (χ1v) is 3.21. The third-order valence-corrected chi connectivity index (χ3v) is 1.40. The van der Waals surface area contributed by atoms with Crippen molar-refractivity contribution in [3.8, 4) is 0 Å². The maximum absolute atomic E-state index is 10.6. The Balaban J connectivity index is 3.98. The maximum Gasteiger partial charge on any atom is 0.140 e. The Morgan fingerprint density at radius 1 is 1.30 bits per heavy atom. The molecule has 1 N–H and O–H groups in total. The molecule has 0 heterocycles. The number of aliphatic hydroxyl groups excluding tert-OH is 1. The van der Waals surface area contributed by atoms with E-state index < -0.39 is 5.92 Å². The highest BCUT2D eigenvalue weighted by Crippen LogP contribution is 2.04. The predicted octanol–water partition coefficient (Wildman–Crippen LogP) is 0.163. The minimum Gasteiger partial charge on any atom is -0.396 e. The molecule has 0 aliphatic heterocycles. The Bertz CT molecular complexity index is 126. The summed E-state index contributed by atoms with van der Waals surface area (Å²) in [7, 11) is 0. The van der Waals surface area contributed by atoms with Gasteiger partial charge < -0.3 is 5.11 Å². The SMILES string of the molecule is CC(=O)C(CCO)C(C)=O. The number of hydrogen-bond acceptors (Lipinski definition) is 3. The van der Waals surface area contributed by atoms with Gasteiger partial charge in [-0.15, -0.1) is 0 Å². The lowest BCUT2D eigenvalue weighted by Crippen LogP contribution is -2.20. The smallest absolute Gasteiger partial charge is 0.140 e. The van der Waals surface area contributed by atoms with Crippen molar-refractivity contribution in [1.29, 1.82) is 0 Å². The first-order chi connectivity index (χ1) is 4.59. The molecule has 0 saturated carbocycles. The van der Waals surface area contributed by atoms with Crippen LogP contribution in [0.25, 0.3) is 0 Å². The predicted molar refractivity (Wildman–Crippen MR) is 36.6 cm³/mol. The summed E-state index contributed by atoms with van der Waals surface area (Å²) in [5.41, 5.74) is 0. The molecule has 0 bridgehead atoms. The Hall–Kier alpha value is -0.700. The van der Waals surface area contributed by atoms with Gasteiger partial charge in [0.2, 0.25) is 0 Å². The molecule has 3 nitrogen and oxygen atoms in total. The summed E-state index contributed by atoms with van der Waals surface area (Å²) >= 11 is 0. The third-order valence-electron chi connectivity index (χ3n) is 1.40. The second-order valence-corrected chi connectivity index (χ2v) is 2.29. The normalized spacial score (nSPS) is 10.0. The van der Waals surface area contributed by atoms with Crippen molar-refractivity contribution in [3.63, 3.8) is 0 Å². The van der Waals surface area contributed by atoms with Crippen LogP contribution in [0.4, 0.5) is 0 Å². The van der Waals surface area contributed by atoms with E-state index in [0.717, 1.165) is 0 Å². The number of carbonyl (C=O) groups excluding carboxylic acids is 2. The van der Waals surface area contributed by atoms with Gasteiger partial charge in [0.1, 0.15) is 11.6 Å². The first-order valence-electron chi connectivity index (χ1n) is 3.21. The zero-order valence-electron chi connectivity index (χ0n) is 6.26. The number of aliphatic hydroxyl groups is 1. The van der Waals surface area contributed by atoms with E-state index in [4.69, 9.17) is 5.11 Å². The Kier molecular flexibility index (Phi) is 3.88. The van der Waals surface area contributed by atoms with Crippen LogP contribution in [0.1, 0.15) is 20.3 Å². The zero-order valence-corrected chi connectivity index (χ0v) is 6.26. The largest absolute Gasteiger partial charge is 0.396 e. The average Bonchev–Trinajstić information content (AvgIpc) is 1.81. The van der Waals surface area contributed by atoms with Crippen molar-refractivity contribution in [2.24, 2.45) is 5.92 Å². The van der Waals surface area contributed by atoms with Crippen LogP contribution in [0.3, 0.4) is 0 Å². The monoisotopic (exact) mass is 144 g/mol. The molecule has 0 aliphatic carbocycles. The molecule has 0 aromatic heterocycles. The van der Waals surface area contributed by atoms with Gasteiger partial charge in [0.15, 0.2) is 0 Å². The van der Waals surface area contributed by atoms with Crippen LogP contribution in [0.15, 0.2) is 0 Å². The lowest BCUT2D eigenvalue weighted by Gasteiger charge is -2.05. The van der Waals surface area contributed by atoms with E-state index in [1.165, 1.54) is 13.8 Å². The van der Waals surface area contributed by atoms with E-state index in [0.29, 0.717) is 0 Å². The summed E-state index contributed by atoms with van der Waals surface area (Å²) < 4.78 is 0. The Labute approximate surface area is 60.0 Å². The van der Waals surface area contributed by atoms with Crippen LogP contribution in [0, 0.1) is 5.92 Å². The van der Waals surface area contributed by atoms with Gasteiger partial charge in [-0.05, 0) is 20.3 Å². The van der Waals surface area contributed by atoms with E-state index >= 15 is 0 Å². The number of rotatable bonds is 4. The molecular weight excluding hydrogens is 132 g/mol. The van der Waals surface area contributed by atoms with Crippen molar-refractivity contribution in [2.45, 2.75) is 20.3 Å². The van der Waals surface area contributed by atoms with Crippen molar-refractivity contribution in [2.75, 3.05) is 6.61 Å². The second kappa shape index (κ2) is 4.17. The van der Waals surface area contributed by atoms with Crippen LogP contribution in [-0.4, -0.2) is 23.3 Å². The Morgan fingerprint density at radius 2 is 1.70 bits per heavy atom. The Morgan fingerprint density at radius 3 is 1.80 bits per heavy atom. The molecule has 0 saturated heterocycles. The number of carbonyl (C=O) groups is 2. The van der Waals surface area contributed by atoms with Crippen LogP contribution >= 0.6 is 0 Å². The average molecular weight is 144 g/mol. The quantitative estimate of drug-likeness (QED) is 0.572. The minimum atomic E-state index is -0.593. The lowest BCUT2D eigenvalue weighted by molar-refractivity contribution is -0.130. The van der Waals surface area contributed by atoms with Gasteiger partial charge in [-0.2, -0.15) is 0 Å². The van der Waals surface area contributed by atoms with Crippen molar-refractivity contribution in [3.05, 3.63) is 0 Å². The highest BCUT2D eigenvalue weighted by atomic mass is 16.3. The third kappa shape index (κ3) is 2.73. The van der Waals surface area contributed by atoms with Gasteiger partial charge in [0.05, 0.1) is 5.92 Å². The summed E-state index contributed by atoms with van der Waals surface area (Å²) in [6.45, 7) is 2.62. The summed E-state index contributed by atoms with van der Waals surface area (Å²) in [6, 6.07) is 0. The van der Waals surface area contributed by atoms with Crippen molar-refractivity contribution >= 4 is 11.6 Å². The van der Waals surface area contributed by atoms with Gasteiger partial charge in [-0.25, -0.2) is 0 Å². The molecule has 0 radical (unpaired) electrons. The summed E-state index contributed by atoms with van der Waals surface area (Å²) in [5.74, 6) is -0.923. The molecule has 3 heteroatoms. The molecule has 0 aromatic rings. The van der Waals surface area contributed by atoms with Gasteiger partial charge in [0, 0.05) is 6.61 Å². The summed E-state index contributed by atoms with van der Waals surface area (Å²) in [4.78, 5) is 21.3. The molecule has 58 valence electrons. The topological polar surface area (TPSA) is 54.4 Å². The van der Waals surface area contributed by atoms with Crippen LogP contribution in [0.2, 0.25) is 0 Å². The fourth-order valence-electron chi connectivity index (χ4n) is 0.822. The molecule has 0 amide bonds. The second-order valence-electron chi connectivity index (χ2n) is 2.29. The highest BCUT2D eigenvalue weighted by molar-refractivity contribution is 6.00. The zero-order chi connectivity index (χ0) is 8.15. The standard InChI is InChI=1S/C7H12O3/c1-5(9)7(3-4-8)6(2)10/h7-8H,3-4H2,1-2H3. The summed E-state index contributed by atoms with van der Waals surface area (Å²) in [6.07, 6.45) is 0.255. The molecule has 0 aliphatic rings. The molecule has 0 rings (SSSR count).